The van der Waals surface area contributed by atoms with Crippen LogP contribution in [0.5, 0.6) is 0 Å². The molecule has 0 spiro atoms. The minimum absolute atomic E-state index is 0.144. The zero-order valence-corrected chi connectivity index (χ0v) is 5.83. The lowest BCUT2D eigenvalue weighted by molar-refractivity contribution is -0.129. The largest absolute Gasteiger partial charge is 0.476 e. The minimum Gasteiger partial charge on any atom is -0.476 e. The van der Waals surface area contributed by atoms with Gasteiger partial charge in [0.2, 0.25) is 0 Å². The molecule has 1 heterocycles. The molecule has 0 atom stereocenters. The first-order chi connectivity index (χ1) is 4.63. The van der Waals surface area contributed by atoms with E-state index in [1.165, 1.54) is 6.20 Å². The Morgan fingerprint density at radius 2 is 2.30 bits per heavy atom. The number of carboxylic acids is 1. The summed E-state index contributed by atoms with van der Waals surface area (Å²) in [7, 11) is 3.56. The van der Waals surface area contributed by atoms with Gasteiger partial charge in [0.25, 0.3) is 0 Å². The first-order valence-corrected chi connectivity index (χ1v) is 2.82. The van der Waals surface area contributed by atoms with Gasteiger partial charge in [0, 0.05) is 14.1 Å². The van der Waals surface area contributed by atoms with E-state index in [4.69, 9.17) is 5.11 Å². The number of hydrogen-bond donors (Lipinski definition) is 1. The number of hydrogen-bond acceptors (Lipinski definition) is 3. The first kappa shape index (κ1) is 6.80. The van der Waals surface area contributed by atoms with Crippen LogP contribution in [-0.2, 0) is 4.79 Å². The van der Waals surface area contributed by atoms with Gasteiger partial charge in [-0.15, -0.1) is 0 Å². The average molecular weight is 140 g/mol. The fourth-order valence-electron chi connectivity index (χ4n) is 0.679. The van der Waals surface area contributed by atoms with Crippen molar-refractivity contribution in [3.8, 4) is 0 Å². The predicted molar refractivity (Wildman–Crippen MR) is 36.8 cm³/mol. The summed E-state index contributed by atoms with van der Waals surface area (Å²) in [6, 6.07) is 0. The van der Waals surface area contributed by atoms with Gasteiger partial charge in [0.1, 0.15) is 0 Å². The van der Waals surface area contributed by atoms with Crippen molar-refractivity contribution in [2.75, 3.05) is 14.1 Å². The van der Waals surface area contributed by atoms with Crippen molar-refractivity contribution in [1.82, 2.24) is 4.90 Å². The van der Waals surface area contributed by atoms with E-state index in [0.29, 0.717) is 5.70 Å². The highest BCUT2D eigenvalue weighted by atomic mass is 16.4. The normalized spacial score (nSPS) is 15.0. The molecule has 0 fully saturated rings. The minimum atomic E-state index is -0.966. The molecule has 0 aliphatic carbocycles. The molecule has 4 heteroatoms. The van der Waals surface area contributed by atoms with Crippen LogP contribution in [0.15, 0.2) is 16.9 Å². The van der Waals surface area contributed by atoms with Crippen molar-refractivity contribution >= 4 is 11.7 Å². The maximum Gasteiger partial charge on any atom is 0.356 e. The Morgan fingerprint density at radius 1 is 1.70 bits per heavy atom. The van der Waals surface area contributed by atoms with Crippen molar-refractivity contribution in [1.29, 1.82) is 0 Å². The summed E-state index contributed by atoms with van der Waals surface area (Å²) >= 11 is 0. The summed E-state index contributed by atoms with van der Waals surface area (Å²) in [4.78, 5) is 15.6. The van der Waals surface area contributed by atoms with Crippen LogP contribution in [-0.4, -0.2) is 35.8 Å². The van der Waals surface area contributed by atoms with Gasteiger partial charge in [-0.05, 0) is 0 Å². The summed E-state index contributed by atoms with van der Waals surface area (Å²) in [5, 5.41) is 8.45. The molecule has 1 N–H and O–H groups in total. The van der Waals surface area contributed by atoms with Crippen molar-refractivity contribution < 1.29 is 9.90 Å². The fourth-order valence-corrected chi connectivity index (χ4v) is 0.679. The van der Waals surface area contributed by atoms with Crippen LogP contribution in [0, 0.1) is 0 Å². The van der Waals surface area contributed by atoms with Gasteiger partial charge in [0.05, 0.1) is 11.9 Å². The fraction of sp³-hybridized carbons (Fsp3) is 0.333. The Labute approximate surface area is 58.5 Å². The van der Waals surface area contributed by atoms with Crippen LogP contribution in [0.3, 0.4) is 0 Å². The van der Waals surface area contributed by atoms with Gasteiger partial charge in [-0.2, -0.15) is 0 Å². The van der Waals surface area contributed by atoms with Crippen molar-refractivity contribution in [3.63, 3.8) is 0 Å². The molecular formula is C6H8N2O2. The van der Waals surface area contributed by atoms with E-state index in [0.717, 1.165) is 0 Å². The van der Waals surface area contributed by atoms with Crippen LogP contribution in [0.2, 0.25) is 0 Å². The summed E-state index contributed by atoms with van der Waals surface area (Å²) in [6.07, 6.45) is 1.53. The second-order valence-electron chi connectivity index (χ2n) is 2.19. The number of rotatable bonds is 2. The molecular weight excluding hydrogens is 132 g/mol. The Hall–Kier alpha value is -1.32. The average Bonchev–Trinajstić information content (AvgIpc) is 1.56. The maximum absolute atomic E-state index is 10.3. The predicted octanol–water partition coefficient (Wildman–Crippen LogP) is -0.0714. The van der Waals surface area contributed by atoms with E-state index < -0.39 is 5.97 Å². The van der Waals surface area contributed by atoms with Gasteiger partial charge >= 0.3 is 5.97 Å². The van der Waals surface area contributed by atoms with Crippen molar-refractivity contribution in [2.24, 2.45) is 4.99 Å². The molecule has 1 aliphatic rings. The Morgan fingerprint density at radius 3 is 2.40 bits per heavy atom. The molecule has 10 heavy (non-hydrogen) atoms. The zero-order chi connectivity index (χ0) is 7.72. The molecule has 54 valence electrons. The van der Waals surface area contributed by atoms with Crippen LogP contribution in [0.4, 0.5) is 0 Å². The van der Waals surface area contributed by atoms with Crippen LogP contribution in [0.25, 0.3) is 0 Å². The van der Waals surface area contributed by atoms with Crippen LogP contribution >= 0.6 is 0 Å². The third-order valence-electron chi connectivity index (χ3n) is 1.24. The molecule has 0 bridgehead atoms. The third kappa shape index (κ3) is 0.877. The van der Waals surface area contributed by atoms with E-state index in [1.807, 2.05) is 0 Å². The molecule has 0 radical (unpaired) electrons. The number of carbonyl (C=O) groups is 1. The molecule has 0 amide bonds. The first-order valence-electron chi connectivity index (χ1n) is 2.82. The SMILES string of the molecule is CN(C)C1=CN=C1C(=O)O. The highest BCUT2D eigenvalue weighted by Gasteiger charge is 2.22. The Balaban J connectivity index is 2.64. The molecule has 0 saturated heterocycles. The second-order valence-corrected chi connectivity index (χ2v) is 2.19. The molecule has 0 unspecified atom stereocenters. The zero-order valence-electron chi connectivity index (χ0n) is 5.83. The summed E-state index contributed by atoms with van der Waals surface area (Å²) in [5.41, 5.74) is 0.817. The van der Waals surface area contributed by atoms with Crippen molar-refractivity contribution in [3.05, 3.63) is 11.9 Å². The summed E-state index contributed by atoms with van der Waals surface area (Å²) in [6.45, 7) is 0. The second kappa shape index (κ2) is 2.13. The molecule has 1 aliphatic heterocycles. The number of nitrogens with zero attached hydrogens (tertiary/aromatic N) is 2. The van der Waals surface area contributed by atoms with Gasteiger partial charge in [-0.25, -0.2) is 9.79 Å². The van der Waals surface area contributed by atoms with E-state index in [9.17, 15) is 4.79 Å². The molecule has 0 saturated carbocycles. The Bertz CT molecular complexity index is 228. The van der Waals surface area contributed by atoms with Gasteiger partial charge < -0.3 is 10.0 Å². The molecule has 4 nitrogen and oxygen atoms in total. The number of carboxylic acid groups (broad SMARTS) is 1. The lowest BCUT2D eigenvalue weighted by Crippen LogP contribution is -2.29. The van der Waals surface area contributed by atoms with Gasteiger partial charge in [0.15, 0.2) is 5.71 Å². The molecule has 1 rings (SSSR count). The smallest absolute Gasteiger partial charge is 0.356 e. The highest BCUT2D eigenvalue weighted by Crippen LogP contribution is 2.11. The lowest BCUT2D eigenvalue weighted by Gasteiger charge is -2.20. The lowest BCUT2D eigenvalue weighted by atomic mass is 10.2. The van der Waals surface area contributed by atoms with E-state index in [1.54, 1.807) is 19.0 Å². The van der Waals surface area contributed by atoms with E-state index in [-0.39, 0.29) is 5.71 Å². The molecule has 0 aromatic rings. The van der Waals surface area contributed by atoms with Crippen LogP contribution < -0.4 is 0 Å². The van der Waals surface area contributed by atoms with Crippen molar-refractivity contribution in [2.45, 2.75) is 0 Å². The van der Waals surface area contributed by atoms with Crippen LogP contribution in [0.1, 0.15) is 0 Å². The number of aliphatic imine (C=N–C) groups is 1. The maximum atomic E-state index is 10.3. The summed E-state index contributed by atoms with van der Waals surface area (Å²) in [5.74, 6) is -0.966. The van der Waals surface area contributed by atoms with Gasteiger partial charge in [-0.3, -0.25) is 0 Å². The van der Waals surface area contributed by atoms with Gasteiger partial charge in [-0.1, -0.05) is 0 Å². The highest BCUT2D eigenvalue weighted by molar-refractivity contribution is 6.44. The topological polar surface area (TPSA) is 52.9 Å². The Kier molecular flexibility index (Phi) is 1.45. The van der Waals surface area contributed by atoms with E-state index >= 15 is 0 Å². The monoisotopic (exact) mass is 140 g/mol. The quantitative estimate of drug-likeness (QED) is 0.584. The van der Waals surface area contributed by atoms with E-state index in [2.05, 4.69) is 4.99 Å². The summed E-state index contributed by atoms with van der Waals surface area (Å²) < 4.78 is 0. The third-order valence-corrected chi connectivity index (χ3v) is 1.24. The molecule has 0 aromatic carbocycles. The standard InChI is InChI=1S/C6H8N2O2/c1-8(2)4-3-7-5(4)6(9)10/h3H,1-2H3,(H,9,10). The number of aliphatic carboxylic acids is 1. The molecule has 0 aromatic heterocycles.